The summed E-state index contributed by atoms with van der Waals surface area (Å²) >= 11 is 0. The smallest absolute Gasteiger partial charge is 0.221 e. The van der Waals surface area contributed by atoms with Crippen molar-refractivity contribution in [1.29, 1.82) is 5.26 Å². The van der Waals surface area contributed by atoms with Crippen molar-refractivity contribution in [3.63, 3.8) is 0 Å². The number of nitriles is 1. The molecule has 3 heteroatoms. The van der Waals surface area contributed by atoms with Crippen LogP contribution >= 0.6 is 0 Å². The second-order valence-corrected chi connectivity index (χ2v) is 4.77. The molecule has 84 valence electrons. The number of nitrogens with one attached hydrogen (secondary N) is 1. The van der Waals surface area contributed by atoms with Gasteiger partial charge in [-0.05, 0) is 24.7 Å². The molecule has 0 aromatic rings. The van der Waals surface area contributed by atoms with Crippen LogP contribution in [0.15, 0.2) is 0 Å². The highest BCUT2D eigenvalue weighted by Gasteiger charge is 2.21. The van der Waals surface area contributed by atoms with Crippen molar-refractivity contribution in [2.45, 2.75) is 52.0 Å². The van der Waals surface area contributed by atoms with E-state index < -0.39 is 0 Å². The number of hydrogen-bond acceptors (Lipinski definition) is 2. The van der Waals surface area contributed by atoms with E-state index in [1.807, 2.05) is 13.8 Å². The van der Waals surface area contributed by atoms with Crippen molar-refractivity contribution in [1.82, 2.24) is 5.32 Å². The molecule has 3 nitrogen and oxygen atoms in total. The molecule has 1 aliphatic rings. The van der Waals surface area contributed by atoms with Gasteiger partial charge in [-0.3, -0.25) is 4.79 Å². The summed E-state index contributed by atoms with van der Waals surface area (Å²) in [6, 6.07) is 1.79. The van der Waals surface area contributed by atoms with Gasteiger partial charge >= 0.3 is 0 Å². The Morgan fingerprint density at radius 2 is 2.07 bits per heavy atom. The van der Waals surface area contributed by atoms with E-state index in [0.717, 1.165) is 0 Å². The van der Waals surface area contributed by atoms with Gasteiger partial charge in [0.25, 0.3) is 0 Å². The van der Waals surface area contributed by atoms with E-state index in [4.69, 9.17) is 5.26 Å². The van der Waals surface area contributed by atoms with Gasteiger partial charge in [-0.2, -0.15) is 5.26 Å². The lowest BCUT2D eigenvalue weighted by molar-refractivity contribution is -0.122. The van der Waals surface area contributed by atoms with Crippen LogP contribution in [0.1, 0.15) is 46.0 Å². The Kier molecular flexibility index (Phi) is 4.61. The molecule has 1 N–H and O–H groups in total. The third-order valence-corrected chi connectivity index (χ3v) is 3.07. The summed E-state index contributed by atoms with van der Waals surface area (Å²) in [6.45, 7) is 3.90. The molecule has 1 saturated carbocycles. The Bertz CT molecular complexity index is 249. The molecule has 1 amide bonds. The fourth-order valence-electron chi connectivity index (χ4n) is 2.06. The number of nitrogens with zero attached hydrogens (tertiary/aromatic N) is 1. The molecule has 1 fully saturated rings. The van der Waals surface area contributed by atoms with E-state index >= 15 is 0 Å². The van der Waals surface area contributed by atoms with Crippen LogP contribution in [0.25, 0.3) is 0 Å². The van der Waals surface area contributed by atoms with Crippen LogP contribution in [0, 0.1) is 23.2 Å². The fraction of sp³-hybridized carbons (Fsp3) is 0.833. The number of amides is 1. The molecular weight excluding hydrogens is 188 g/mol. The molecule has 0 heterocycles. The van der Waals surface area contributed by atoms with Crippen LogP contribution in [0.5, 0.6) is 0 Å². The number of hydrogen-bond donors (Lipinski definition) is 1. The van der Waals surface area contributed by atoms with E-state index in [1.54, 1.807) is 0 Å². The van der Waals surface area contributed by atoms with E-state index in [0.29, 0.717) is 12.3 Å². The largest absolute Gasteiger partial charge is 0.340 e. The van der Waals surface area contributed by atoms with Gasteiger partial charge in [-0.25, -0.2) is 0 Å². The van der Waals surface area contributed by atoms with Gasteiger partial charge in [0.1, 0.15) is 6.04 Å². The average molecular weight is 208 g/mol. The fourth-order valence-corrected chi connectivity index (χ4v) is 2.06. The van der Waals surface area contributed by atoms with E-state index in [1.165, 1.54) is 25.7 Å². The zero-order chi connectivity index (χ0) is 11.3. The minimum absolute atomic E-state index is 0.0437. The van der Waals surface area contributed by atoms with Crippen molar-refractivity contribution in [3.05, 3.63) is 0 Å². The van der Waals surface area contributed by atoms with Gasteiger partial charge in [0.15, 0.2) is 0 Å². The van der Waals surface area contributed by atoms with Crippen molar-refractivity contribution in [2.75, 3.05) is 0 Å². The maximum Gasteiger partial charge on any atom is 0.221 e. The Hall–Kier alpha value is -1.04. The lowest BCUT2D eigenvalue weighted by Crippen LogP contribution is -2.38. The molecule has 1 rings (SSSR count). The molecular formula is C12H20N2O. The number of carbonyl (C=O) groups is 1. The SMILES string of the molecule is CC(C)C(C#N)NC(=O)CC1CCCC1. The van der Waals surface area contributed by atoms with Crippen LogP contribution in [0.4, 0.5) is 0 Å². The Balaban J connectivity index is 2.31. The molecule has 0 bridgehead atoms. The zero-order valence-electron chi connectivity index (χ0n) is 9.62. The predicted octanol–water partition coefficient (Wildman–Crippen LogP) is 2.23. The lowest BCUT2D eigenvalue weighted by atomic mass is 10.0. The molecule has 0 aliphatic heterocycles. The minimum Gasteiger partial charge on any atom is -0.340 e. The monoisotopic (exact) mass is 208 g/mol. The van der Waals surface area contributed by atoms with Gasteiger partial charge in [0, 0.05) is 6.42 Å². The number of carbonyl (C=O) groups excluding carboxylic acids is 1. The first-order valence-corrected chi connectivity index (χ1v) is 5.82. The molecule has 15 heavy (non-hydrogen) atoms. The summed E-state index contributed by atoms with van der Waals surface area (Å²) in [5.41, 5.74) is 0. The van der Waals surface area contributed by atoms with Crippen LogP contribution in [-0.4, -0.2) is 11.9 Å². The minimum atomic E-state index is -0.334. The van der Waals surface area contributed by atoms with Gasteiger partial charge < -0.3 is 5.32 Å². The second-order valence-electron chi connectivity index (χ2n) is 4.77. The van der Waals surface area contributed by atoms with Crippen LogP contribution in [0.3, 0.4) is 0 Å². The summed E-state index contributed by atoms with van der Waals surface area (Å²) in [5, 5.41) is 11.6. The Morgan fingerprint density at radius 3 is 2.53 bits per heavy atom. The highest BCUT2D eigenvalue weighted by Crippen LogP contribution is 2.27. The summed E-state index contributed by atoms with van der Waals surface area (Å²) in [4.78, 5) is 11.6. The molecule has 1 aliphatic carbocycles. The maximum atomic E-state index is 11.6. The van der Waals surface area contributed by atoms with Crippen molar-refractivity contribution < 1.29 is 4.79 Å². The Labute approximate surface area is 91.9 Å². The van der Waals surface area contributed by atoms with Crippen LogP contribution < -0.4 is 5.32 Å². The Morgan fingerprint density at radius 1 is 1.47 bits per heavy atom. The van der Waals surface area contributed by atoms with Gasteiger partial charge in [-0.1, -0.05) is 26.7 Å². The van der Waals surface area contributed by atoms with Gasteiger partial charge in [0.05, 0.1) is 6.07 Å². The highest BCUT2D eigenvalue weighted by molar-refractivity contribution is 5.76. The maximum absolute atomic E-state index is 11.6. The summed E-state index contributed by atoms with van der Waals surface area (Å²) in [7, 11) is 0. The summed E-state index contributed by atoms with van der Waals surface area (Å²) in [6.07, 6.45) is 5.46. The molecule has 0 radical (unpaired) electrons. The molecule has 0 aromatic heterocycles. The molecule has 0 aromatic carbocycles. The first kappa shape index (κ1) is 12.0. The molecule has 0 saturated heterocycles. The van der Waals surface area contributed by atoms with Gasteiger partial charge in [-0.15, -0.1) is 0 Å². The molecule has 1 unspecified atom stereocenters. The standard InChI is InChI=1S/C12H20N2O/c1-9(2)11(8-13)14-12(15)7-10-5-3-4-6-10/h9-11H,3-7H2,1-2H3,(H,14,15). The molecule has 1 atom stereocenters. The summed E-state index contributed by atoms with van der Waals surface area (Å²) in [5.74, 6) is 0.779. The van der Waals surface area contributed by atoms with E-state index in [-0.39, 0.29) is 17.9 Å². The number of rotatable bonds is 4. The van der Waals surface area contributed by atoms with Crippen LogP contribution in [-0.2, 0) is 4.79 Å². The quantitative estimate of drug-likeness (QED) is 0.770. The van der Waals surface area contributed by atoms with Gasteiger partial charge in [0.2, 0.25) is 5.91 Å². The average Bonchev–Trinajstić information content (AvgIpc) is 2.66. The van der Waals surface area contributed by atoms with Crippen molar-refractivity contribution >= 4 is 5.91 Å². The highest BCUT2D eigenvalue weighted by atomic mass is 16.1. The van der Waals surface area contributed by atoms with Crippen molar-refractivity contribution in [3.8, 4) is 6.07 Å². The normalized spacial score (nSPS) is 18.8. The zero-order valence-corrected chi connectivity index (χ0v) is 9.62. The first-order chi connectivity index (χ1) is 7.13. The van der Waals surface area contributed by atoms with Crippen LogP contribution in [0.2, 0.25) is 0 Å². The van der Waals surface area contributed by atoms with Crippen molar-refractivity contribution in [2.24, 2.45) is 11.8 Å². The van der Waals surface area contributed by atoms with E-state index in [2.05, 4.69) is 11.4 Å². The third-order valence-electron chi connectivity index (χ3n) is 3.07. The predicted molar refractivity (Wildman–Crippen MR) is 59.0 cm³/mol. The third kappa shape index (κ3) is 3.91. The molecule has 0 spiro atoms. The second kappa shape index (κ2) is 5.75. The topological polar surface area (TPSA) is 52.9 Å². The summed E-state index contributed by atoms with van der Waals surface area (Å²) < 4.78 is 0. The lowest BCUT2D eigenvalue weighted by Gasteiger charge is -2.16. The first-order valence-electron chi connectivity index (χ1n) is 5.82. The van der Waals surface area contributed by atoms with E-state index in [9.17, 15) is 4.79 Å².